The van der Waals surface area contributed by atoms with Crippen LogP contribution in [-0.2, 0) is 16.1 Å². The van der Waals surface area contributed by atoms with Crippen molar-refractivity contribution in [3.8, 4) is 0 Å². The molecule has 0 atom stereocenters. The molecular weight excluding hydrogens is 340 g/mol. The van der Waals surface area contributed by atoms with E-state index in [-0.39, 0.29) is 18.3 Å². The number of hydrogen-bond donors (Lipinski definition) is 0. The molecule has 0 aliphatic rings. The van der Waals surface area contributed by atoms with Gasteiger partial charge in [-0.25, -0.2) is 9.97 Å². The molecule has 0 aliphatic heterocycles. The van der Waals surface area contributed by atoms with Crippen molar-refractivity contribution in [2.45, 2.75) is 11.6 Å². The number of thioether (sulfide) groups is 1. The Balaban J connectivity index is 1.55. The topological polar surface area (TPSA) is 52.1 Å². The van der Waals surface area contributed by atoms with Gasteiger partial charge in [0.15, 0.2) is 0 Å². The van der Waals surface area contributed by atoms with Gasteiger partial charge in [-0.3, -0.25) is 4.79 Å². The van der Waals surface area contributed by atoms with Crippen molar-refractivity contribution in [1.82, 2.24) is 9.97 Å². The van der Waals surface area contributed by atoms with Gasteiger partial charge in [-0.15, -0.1) is 11.3 Å². The van der Waals surface area contributed by atoms with Crippen molar-refractivity contribution in [3.05, 3.63) is 52.6 Å². The quantitative estimate of drug-likeness (QED) is 0.392. The van der Waals surface area contributed by atoms with Gasteiger partial charge in [0.05, 0.1) is 5.75 Å². The number of hydrogen-bond acceptors (Lipinski definition) is 6. The number of halogens is 1. The molecule has 0 amide bonds. The van der Waals surface area contributed by atoms with E-state index in [9.17, 15) is 4.79 Å². The molecule has 0 spiro atoms. The fraction of sp³-hybridized carbons (Fsp3) is 0.133. The average molecular weight is 351 g/mol. The highest BCUT2D eigenvalue weighted by Crippen LogP contribution is 2.27. The third-order valence-electron chi connectivity index (χ3n) is 2.84. The summed E-state index contributed by atoms with van der Waals surface area (Å²) in [4.78, 5) is 21.1. The Labute approximate surface area is 140 Å². The summed E-state index contributed by atoms with van der Waals surface area (Å²) in [6.45, 7) is 0.220. The van der Waals surface area contributed by atoms with Gasteiger partial charge in [0, 0.05) is 10.4 Å². The molecule has 2 heterocycles. The smallest absolute Gasteiger partial charge is 0.316 e. The summed E-state index contributed by atoms with van der Waals surface area (Å²) in [5.41, 5.74) is 0.869. The van der Waals surface area contributed by atoms with Crippen LogP contribution >= 0.6 is 34.7 Å². The van der Waals surface area contributed by atoms with Gasteiger partial charge in [-0.1, -0.05) is 35.5 Å². The first kappa shape index (κ1) is 15.3. The zero-order chi connectivity index (χ0) is 15.4. The van der Waals surface area contributed by atoms with E-state index in [0.717, 1.165) is 20.8 Å². The molecule has 22 heavy (non-hydrogen) atoms. The SMILES string of the molecule is O=C(CSc1ncnc2sccc12)OCc1cccc(Cl)c1. The lowest BCUT2D eigenvalue weighted by Crippen LogP contribution is -2.07. The molecule has 4 nitrogen and oxygen atoms in total. The van der Waals surface area contributed by atoms with Crippen LogP contribution in [0.25, 0.3) is 10.2 Å². The zero-order valence-electron chi connectivity index (χ0n) is 11.4. The number of carbonyl (C=O) groups excluding carboxylic acids is 1. The first-order chi connectivity index (χ1) is 10.7. The highest BCUT2D eigenvalue weighted by atomic mass is 35.5. The van der Waals surface area contributed by atoms with E-state index < -0.39 is 0 Å². The lowest BCUT2D eigenvalue weighted by molar-refractivity contribution is -0.141. The Morgan fingerprint density at radius 1 is 1.32 bits per heavy atom. The van der Waals surface area contributed by atoms with E-state index in [4.69, 9.17) is 16.3 Å². The van der Waals surface area contributed by atoms with Crippen LogP contribution in [0.2, 0.25) is 5.02 Å². The summed E-state index contributed by atoms with van der Waals surface area (Å²) in [5.74, 6) is -0.0744. The molecule has 0 fully saturated rings. The summed E-state index contributed by atoms with van der Waals surface area (Å²) in [6.07, 6.45) is 1.51. The summed E-state index contributed by atoms with van der Waals surface area (Å²) in [7, 11) is 0. The zero-order valence-corrected chi connectivity index (χ0v) is 13.7. The van der Waals surface area contributed by atoms with Gasteiger partial charge in [-0.2, -0.15) is 0 Å². The van der Waals surface area contributed by atoms with Crippen LogP contribution in [0.4, 0.5) is 0 Å². The predicted molar refractivity (Wildman–Crippen MR) is 89.4 cm³/mol. The van der Waals surface area contributed by atoms with Crippen molar-refractivity contribution >= 4 is 50.9 Å². The summed E-state index contributed by atoms with van der Waals surface area (Å²) in [5, 5.41) is 4.36. The fourth-order valence-electron chi connectivity index (χ4n) is 1.84. The van der Waals surface area contributed by atoms with Crippen LogP contribution in [0.15, 0.2) is 47.1 Å². The highest BCUT2D eigenvalue weighted by Gasteiger charge is 2.09. The minimum absolute atomic E-state index is 0.211. The van der Waals surface area contributed by atoms with Crippen molar-refractivity contribution in [2.24, 2.45) is 0 Å². The normalized spacial score (nSPS) is 10.8. The maximum Gasteiger partial charge on any atom is 0.316 e. The lowest BCUT2D eigenvalue weighted by atomic mass is 10.2. The number of fused-ring (bicyclic) bond motifs is 1. The van der Waals surface area contributed by atoms with Gasteiger partial charge < -0.3 is 4.74 Å². The second-order valence-electron chi connectivity index (χ2n) is 4.40. The molecule has 2 aromatic heterocycles. The number of rotatable bonds is 5. The molecule has 7 heteroatoms. The Morgan fingerprint density at radius 2 is 2.23 bits per heavy atom. The number of benzene rings is 1. The third kappa shape index (κ3) is 3.76. The van der Waals surface area contributed by atoms with E-state index in [2.05, 4.69) is 9.97 Å². The molecule has 0 unspecified atom stereocenters. The van der Waals surface area contributed by atoms with Gasteiger partial charge in [0.2, 0.25) is 0 Å². The number of carbonyl (C=O) groups is 1. The molecule has 0 N–H and O–H groups in total. The van der Waals surface area contributed by atoms with Crippen molar-refractivity contribution in [2.75, 3.05) is 5.75 Å². The number of aromatic nitrogens is 2. The second-order valence-corrected chi connectivity index (χ2v) is 6.69. The molecule has 112 valence electrons. The Hall–Kier alpha value is -1.63. The van der Waals surface area contributed by atoms with Crippen molar-refractivity contribution in [1.29, 1.82) is 0 Å². The van der Waals surface area contributed by atoms with Gasteiger partial charge in [0.25, 0.3) is 0 Å². The maximum atomic E-state index is 11.8. The third-order valence-corrected chi connectivity index (χ3v) is 4.88. The highest BCUT2D eigenvalue weighted by molar-refractivity contribution is 8.00. The Bertz CT molecular complexity index is 807. The molecule has 0 radical (unpaired) electrons. The van der Waals surface area contributed by atoms with Crippen LogP contribution in [0.1, 0.15) is 5.56 Å². The molecule has 1 aromatic carbocycles. The van der Waals surface area contributed by atoms with Gasteiger partial charge in [-0.05, 0) is 29.1 Å². The largest absolute Gasteiger partial charge is 0.460 e. The van der Waals surface area contributed by atoms with Crippen LogP contribution in [0.5, 0.6) is 0 Å². The summed E-state index contributed by atoms with van der Waals surface area (Å²) >= 11 is 8.80. The Kier molecular flexibility index (Phi) is 4.92. The van der Waals surface area contributed by atoms with Gasteiger partial charge in [0.1, 0.15) is 22.8 Å². The molecule has 3 aromatic rings. The molecule has 3 rings (SSSR count). The standard InChI is InChI=1S/C15H11ClN2O2S2/c16-11-3-1-2-10(6-11)7-20-13(19)8-22-15-12-4-5-21-14(12)17-9-18-15/h1-6,9H,7-8H2. The molecular formula is C15H11ClN2O2S2. The van der Waals surface area contributed by atoms with E-state index in [1.54, 1.807) is 23.5 Å². The number of nitrogens with zero attached hydrogens (tertiary/aromatic N) is 2. The van der Waals surface area contributed by atoms with Crippen LogP contribution in [0, 0.1) is 0 Å². The Morgan fingerprint density at radius 3 is 3.09 bits per heavy atom. The molecule has 0 aliphatic carbocycles. The number of thiophene rings is 1. The van der Waals surface area contributed by atoms with Crippen LogP contribution in [0.3, 0.4) is 0 Å². The van der Waals surface area contributed by atoms with Crippen molar-refractivity contribution in [3.63, 3.8) is 0 Å². The van der Waals surface area contributed by atoms with E-state index >= 15 is 0 Å². The number of ether oxygens (including phenoxy) is 1. The first-order valence-electron chi connectivity index (χ1n) is 6.43. The van der Waals surface area contributed by atoms with E-state index in [0.29, 0.717) is 5.02 Å². The van der Waals surface area contributed by atoms with E-state index in [1.165, 1.54) is 18.1 Å². The van der Waals surface area contributed by atoms with Crippen LogP contribution in [-0.4, -0.2) is 21.7 Å². The average Bonchev–Trinajstić information content (AvgIpc) is 3.00. The molecule has 0 bridgehead atoms. The van der Waals surface area contributed by atoms with Crippen molar-refractivity contribution < 1.29 is 9.53 Å². The minimum atomic E-state index is -0.285. The monoisotopic (exact) mass is 350 g/mol. The molecule has 0 saturated heterocycles. The van der Waals surface area contributed by atoms with E-state index in [1.807, 2.05) is 23.6 Å². The minimum Gasteiger partial charge on any atom is -0.460 e. The second kappa shape index (κ2) is 7.09. The lowest BCUT2D eigenvalue weighted by Gasteiger charge is -2.05. The number of esters is 1. The summed E-state index contributed by atoms with van der Waals surface area (Å²) in [6, 6.07) is 9.21. The summed E-state index contributed by atoms with van der Waals surface area (Å²) < 4.78 is 5.24. The predicted octanol–water partition coefficient (Wildman–Crippen LogP) is 4.18. The van der Waals surface area contributed by atoms with Crippen LogP contribution < -0.4 is 0 Å². The maximum absolute atomic E-state index is 11.8. The molecule has 0 saturated carbocycles. The first-order valence-corrected chi connectivity index (χ1v) is 8.68. The fourth-order valence-corrected chi connectivity index (χ4v) is 3.63. The van der Waals surface area contributed by atoms with Gasteiger partial charge >= 0.3 is 5.97 Å².